The third kappa shape index (κ3) is 4.40. The molecule has 1 aromatic carbocycles. The zero-order valence-electron chi connectivity index (χ0n) is 15.3. The van der Waals surface area contributed by atoms with Crippen LogP contribution in [0, 0.1) is 11.6 Å². The van der Waals surface area contributed by atoms with Gasteiger partial charge in [-0.3, -0.25) is 4.57 Å². The number of hydrogen-bond acceptors (Lipinski definition) is 6. The van der Waals surface area contributed by atoms with Gasteiger partial charge in [-0.05, 0) is 17.7 Å². The fourth-order valence-electron chi connectivity index (χ4n) is 3.24. The zero-order chi connectivity index (χ0) is 20.4. The van der Waals surface area contributed by atoms with Crippen LogP contribution in [0.2, 0.25) is 0 Å². The van der Waals surface area contributed by atoms with Crippen molar-refractivity contribution in [3.8, 4) is 5.82 Å². The van der Waals surface area contributed by atoms with E-state index in [-0.39, 0.29) is 18.7 Å². The lowest BCUT2D eigenvalue weighted by Gasteiger charge is -2.34. The van der Waals surface area contributed by atoms with E-state index in [2.05, 4.69) is 15.0 Å². The second-order valence-electron chi connectivity index (χ2n) is 6.62. The number of piperazine rings is 1. The fourth-order valence-corrected chi connectivity index (χ4v) is 4.73. The number of hydrogen-bond donors (Lipinski definition) is 0. The van der Waals surface area contributed by atoms with Crippen molar-refractivity contribution in [3.05, 3.63) is 66.5 Å². The molecule has 3 heterocycles. The van der Waals surface area contributed by atoms with Gasteiger partial charge in [-0.1, -0.05) is 0 Å². The van der Waals surface area contributed by atoms with Gasteiger partial charge in [-0.15, -0.1) is 0 Å². The monoisotopic (exact) mass is 420 g/mol. The predicted octanol–water partition coefficient (Wildman–Crippen LogP) is 1.59. The third-order valence-corrected chi connectivity index (χ3v) is 6.48. The number of nitrogens with zero attached hydrogens (tertiary/aromatic N) is 6. The maximum Gasteiger partial charge on any atom is 0.218 e. The van der Waals surface area contributed by atoms with Crippen LogP contribution in [0.3, 0.4) is 0 Å². The van der Waals surface area contributed by atoms with Gasteiger partial charge in [0, 0.05) is 50.7 Å². The van der Waals surface area contributed by atoms with Crippen molar-refractivity contribution in [3.63, 3.8) is 0 Å². The summed E-state index contributed by atoms with van der Waals surface area (Å²) in [6.07, 6.45) is 6.50. The largest absolute Gasteiger partial charge is 0.354 e. The number of sulfonamides is 1. The Balaban J connectivity index is 1.43. The Labute approximate surface area is 166 Å². The summed E-state index contributed by atoms with van der Waals surface area (Å²) in [6.45, 7) is 1.39. The standard InChI is InChI=1S/C18H18F2N6O2S/c19-15-7-14(8-16(20)9-15)11-29(27,28)26-5-3-24(4-6-26)17-10-18(23-12-22-17)25-2-1-21-13-25/h1-2,7-10,12-13H,3-6,11H2. The van der Waals surface area contributed by atoms with Gasteiger partial charge in [0.25, 0.3) is 0 Å². The van der Waals surface area contributed by atoms with Crippen LogP contribution < -0.4 is 4.90 Å². The smallest absolute Gasteiger partial charge is 0.218 e. The first-order valence-electron chi connectivity index (χ1n) is 8.89. The molecule has 2 aromatic heterocycles. The van der Waals surface area contributed by atoms with Crippen molar-refractivity contribution in [2.75, 3.05) is 31.1 Å². The van der Waals surface area contributed by atoms with Crippen LogP contribution in [-0.4, -0.2) is 58.4 Å². The summed E-state index contributed by atoms with van der Waals surface area (Å²) in [4.78, 5) is 14.4. The van der Waals surface area contributed by atoms with E-state index in [9.17, 15) is 17.2 Å². The van der Waals surface area contributed by atoms with Crippen LogP contribution in [-0.2, 0) is 15.8 Å². The average Bonchev–Trinajstić information content (AvgIpc) is 3.22. The number of imidazole rings is 1. The molecule has 0 aliphatic carbocycles. The van der Waals surface area contributed by atoms with Crippen LogP contribution in [0.4, 0.5) is 14.6 Å². The minimum absolute atomic E-state index is 0.0886. The molecule has 0 N–H and O–H groups in total. The molecule has 11 heteroatoms. The van der Waals surface area contributed by atoms with Gasteiger partial charge in [0.05, 0.1) is 5.75 Å². The van der Waals surface area contributed by atoms with Crippen molar-refractivity contribution in [1.82, 2.24) is 23.8 Å². The topological polar surface area (TPSA) is 84.2 Å². The van der Waals surface area contributed by atoms with E-state index in [1.165, 1.54) is 10.6 Å². The molecule has 1 aliphatic heterocycles. The number of halogens is 2. The van der Waals surface area contributed by atoms with E-state index in [0.29, 0.717) is 30.8 Å². The molecule has 0 bridgehead atoms. The van der Waals surface area contributed by atoms with Crippen molar-refractivity contribution < 1.29 is 17.2 Å². The summed E-state index contributed by atoms with van der Waals surface area (Å²) < 4.78 is 55.1. The quantitative estimate of drug-likeness (QED) is 0.623. The van der Waals surface area contributed by atoms with E-state index in [1.807, 2.05) is 4.90 Å². The summed E-state index contributed by atoms with van der Waals surface area (Å²) in [7, 11) is -3.69. The zero-order valence-corrected chi connectivity index (χ0v) is 16.1. The molecule has 0 spiro atoms. The highest BCUT2D eigenvalue weighted by Crippen LogP contribution is 2.19. The molecule has 0 radical (unpaired) electrons. The molecule has 1 fully saturated rings. The van der Waals surface area contributed by atoms with E-state index >= 15 is 0 Å². The molecular weight excluding hydrogens is 402 g/mol. The first-order valence-corrected chi connectivity index (χ1v) is 10.5. The lowest BCUT2D eigenvalue weighted by Crippen LogP contribution is -2.49. The van der Waals surface area contributed by atoms with E-state index in [1.54, 1.807) is 29.4 Å². The highest BCUT2D eigenvalue weighted by molar-refractivity contribution is 7.88. The molecule has 0 atom stereocenters. The number of benzene rings is 1. The Hall–Kier alpha value is -2.92. The lowest BCUT2D eigenvalue weighted by molar-refractivity contribution is 0.383. The Morgan fingerprint density at radius 2 is 1.62 bits per heavy atom. The molecule has 0 saturated carbocycles. The minimum Gasteiger partial charge on any atom is -0.354 e. The SMILES string of the molecule is O=S(=O)(Cc1cc(F)cc(F)c1)N1CCN(c2cc(-n3ccnc3)ncn2)CC1. The van der Waals surface area contributed by atoms with Crippen LogP contribution in [0.1, 0.15) is 5.56 Å². The second kappa shape index (κ2) is 7.84. The molecule has 0 unspecified atom stereocenters. The normalized spacial score (nSPS) is 15.6. The van der Waals surface area contributed by atoms with Gasteiger partial charge < -0.3 is 4.90 Å². The van der Waals surface area contributed by atoms with Gasteiger partial charge in [0.15, 0.2) is 0 Å². The highest BCUT2D eigenvalue weighted by atomic mass is 32.2. The van der Waals surface area contributed by atoms with Crippen LogP contribution in [0.15, 0.2) is 49.3 Å². The molecule has 152 valence electrons. The first kappa shape index (κ1) is 19.4. The molecule has 29 heavy (non-hydrogen) atoms. The van der Waals surface area contributed by atoms with Crippen LogP contribution >= 0.6 is 0 Å². The summed E-state index contributed by atoms with van der Waals surface area (Å²) in [5.74, 6) is -0.682. The Kier molecular flexibility index (Phi) is 5.24. The summed E-state index contributed by atoms with van der Waals surface area (Å²) in [5, 5.41) is 0. The summed E-state index contributed by atoms with van der Waals surface area (Å²) >= 11 is 0. The number of rotatable bonds is 5. The lowest BCUT2D eigenvalue weighted by atomic mass is 10.2. The van der Waals surface area contributed by atoms with Gasteiger partial charge in [0.1, 0.15) is 35.9 Å². The van der Waals surface area contributed by atoms with Gasteiger partial charge >= 0.3 is 0 Å². The van der Waals surface area contributed by atoms with E-state index in [4.69, 9.17) is 0 Å². The van der Waals surface area contributed by atoms with Gasteiger partial charge in [-0.25, -0.2) is 32.2 Å². The molecule has 4 rings (SSSR count). The van der Waals surface area contributed by atoms with Gasteiger partial charge in [-0.2, -0.15) is 4.31 Å². The second-order valence-corrected chi connectivity index (χ2v) is 8.59. The maximum absolute atomic E-state index is 13.3. The molecule has 3 aromatic rings. The summed E-state index contributed by atoms with van der Waals surface area (Å²) in [5.41, 5.74) is 0.0886. The predicted molar refractivity (Wildman–Crippen MR) is 102 cm³/mol. The average molecular weight is 420 g/mol. The molecule has 8 nitrogen and oxygen atoms in total. The molecule has 1 aliphatic rings. The van der Waals surface area contributed by atoms with Crippen molar-refractivity contribution >= 4 is 15.8 Å². The van der Waals surface area contributed by atoms with Gasteiger partial charge in [0.2, 0.25) is 10.0 Å². The fraction of sp³-hybridized carbons (Fsp3) is 0.278. The Bertz CT molecular complexity index is 1080. The Morgan fingerprint density at radius 1 is 0.931 bits per heavy atom. The number of anilines is 1. The van der Waals surface area contributed by atoms with Crippen LogP contribution in [0.25, 0.3) is 5.82 Å². The van der Waals surface area contributed by atoms with Crippen LogP contribution in [0.5, 0.6) is 0 Å². The van der Waals surface area contributed by atoms with Crippen molar-refractivity contribution in [2.24, 2.45) is 0 Å². The molecule has 1 saturated heterocycles. The number of aromatic nitrogens is 4. The Morgan fingerprint density at radius 3 is 2.28 bits per heavy atom. The van der Waals surface area contributed by atoms with Crippen molar-refractivity contribution in [1.29, 1.82) is 0 Å². The third-order valence-electron chi connectivity index (χ3n) is 4.63. The van der Waals surface area contributed by atoms with E-state index < -0.39 is 27.4 Å². The summed E-state index contributed by atoms with van der Waals surface area (Å²) in [6, 6.07) is 4.60. The van der Waals surface area contributed by atoms with E-state index in [0.717, 1.165) is 12.1 Å². The highest BCUT2D eigenvalue weighted by Gasteiger charge is 2.28. The van der Waals surface area contributed by atoms with Crippen molar-refractivity contribution in [2.45, 2.75) is 5.75 Å². The minimum atomic E-state index is -3.69. The molecule has 0 amide bonds. The molecular formula is C18H18F2N6O2S. The first-order chi connectivity index (χ1) is 13.9. The maximum atomic E-state index is 13.3.